The largest absolute Gasteiger partial charge is 0.388 e. The van der Waals surface area contributed by atoms with E-state index in [0.717, 1.165) is 67.7 Å². The van der Waals surface area contributed by atoms with Crippen LogP contribution in [-0.4, -0.2) is 68.9 Å². The van der Waals surface area contributed by atoms with Gasteiger partial charge in [-0.2, -0.15) is 5.26 Å². The molecule has 10 heteroatoms. The molecule has 0 bridgehead atoms. The van der Waals surface area contributed by atoms with Gasteiger partial charge in [0.2, 0.25) is 0 Å². The lowest BCUT2D eigenvalue weighted by Gasteiger charge is -2.30. The van der Waals surface area contributed by atoms with Crippen molar-refractivity contribution in [1.29, 1.82) is 5.26 Å². The van der Waals surface area contributed by atoms with Crippen LogP contribution in [0, 0.1) is 28.5 Å². The van der Waals surface area contributed by atoms with E-state index in [1.54, 1.807) is 0 Å². The lowest BCUT2D eigenvalue weighted by molar-refractivity contribution is -0.119. The summed E-state index contributed by atoms with van der Waals surface area (Å²) in [6, 6.07) is 6.87. The molecule has 1 saturated heterocycles. The maximum Gasteiger partial charge on any atom is 0.172 e. The highest BCUT2D eigenvalue weighted by atomic mass is 19.1. The van der Waals surface area contributed by atoms with E-state index in [-0.39, 0.29) is 30.6 Å². The number of nitrogens with one attached hydrogen (secondary N) is 3. The van der Waals surface area contributed by atoms with E-state index in [0.29, 0.717) is 31.1 Å². The van der Waals surface area contributed by atoms with Gasteiger partial charge in [0.25, 0.3) is 0 Å². The molecule has 1 saturated carbocycles. The van der Waals surface area contributed by atoms with Crippen molar-refractivity contribution in [3.8, 4) is 6.07 Å². The SMILES string of the molecule is CC1=CC(N(C)CCC(C#N)(C=O)C2CC2)=CC(C(=O)CNCc2cc(F)cc(/C(=C/NC3CCOCC3)CN)c2)N1. The smallest absolute Gasteiger partial charge is 0.172 e. The number of dihydropyridines is 1. The zero-order chi connectivity index (χ0) is 30.1. The van der Waals surface area contributed by atoms with Crippen LogP contribution in [0.15, 0.2) is 47.9 Å². The van der Waals surface area contributed by atoms with Crippen LogP contribution in [0.1, 0.15) is 50.2 Å². The summed E-state index contributed by atoms with van der Waals surface area (Å²) in [5, 5.41) is 19.4. The molecule has 0 spiro atoms. The molecule has 0 amide bonds. The molecular weight excluding hydrogens is 535 g/mol. The number of allylic oxidation sites excluding steroid dienone is 2. The fourth-order valence-corrected chi connectivity index (χ4v) is 5.51. The molecule has 1 aliphatic carbocycles. The number of halogens is 1. The number of rotatable bonds is 15. The van der Waals surface area contributed by atoms with E-state index in [1.807, 2.05) is 43.3 Å². The predicted molar refractivity (Wildman–Crippen MR) is 160 cm³/mol. The molecule has 2 unspecified atom stereocenters. The molecule has 0 aromatic heterocycles. The number of aldehydes is 1. The van der Waals surface area contributed by atoms with Gasteiger partial charge in [-0.25, -0.2) is 4.39 Å². The first kappa shape index (κ1) is 31.4. The summed E-state index contributed by atoms with van der Waals surface area (Å²) in [5.41, 5.74) is 9.02. The van der Waals surface area contributed by atoms with Gasteiger partial charge in [-0.05, 0) is 92.0 Å². The molecule has 9 nitrogen and oxygen atoms in total. The number of likely N-dealkylation sites (N-methyl/N-ethyl adjacent to an activating group) is 1. The topological polar surface area (TPSA) is 133 Å². The quantitative estimate of drug-likeness (QED) is 0.232. The summed E-state index contributed by atoms with van der Waals surface area (Å²) in [7, 11) is 1.91. The van der Waals surface area contributed by atoms with Gasteiger partial charge in [-0.1, -0.05) is 0 Å². The number of nitrogens with two attached hydrogens (primary N) is 1. The summed E-state index contributed by atoms with van der Waals surface area (Å²) < 4.78 is 19.9. The van der Waals surface area contributed by atoms with Gasteiger partial charge >= 0.3 is 0 Å². The van der Waals surface area contributed by atoms with Gasteiger partial charge in [0.05, 0.1) is 12.6 Å². The highest BCUT2D eigenvalue weighted by Gasteiger charge is 2.45. The number of carbonyl (C=O) groups excluding carboxylic acids is 2. The first-order chi connectivity index (χ1) is 20.3. The minimum Gasteiger partial charge on any atom is -0.388 e. The third-order valence-electron chi connectivity index (χ3n) is 8.35. The number of Topliss-reactive ketones (excluding diaryl/α,β-unsaturated/α-hetero) is 1. The number of nitriles is 1. The molecule has 0 radical (unpaired) electrons. The van der Waals surface area contributed by atoms with E-state index in [4.69, 9.17) is 10.5 Å². The Morgan fingerprint density at radius 2 is 2.05 bits per heavy atom. The van der Waals surface area contributed by atoms with Crippen LogP contribution in [-0.2, 0) is 20.9 Å². The highest BCUT2D eigenvalue weighted by molar-refractivity contribution is 5.88. The molecule has 42 heavy (non-hydrogen) atoms. The Morgan fingerprint density at radius 1 is 1.29 bits per heavy atom. The molecule has 4 rings (SSSR count). The van der Waals surface area contributed by atoms with Gasteiger partial charge in [-0.3, -0.25) is 4.79 Å². The number of hydrogen-bond acceptors (Lipinski definition) is 9. The second-order valence-electron chi connectivity index (χ2n) is 11.6. The Kier molecular flexibility index (Phi) is 10.9. The van der Waals surface area contributed by atoms with E-state index in [9.17, 15) is 19.2 Å². The van der Waals surface area contributed by atoms with Crippen LogP contribution in [0.2, 0.25) is 0 Å². The van der Waals surface area contributed by atoms with Crippen molar-refractivity contribution in [2.24, 2.45) is 17.1 Å². The molecular formula is C32H43FN6O3. The molecule has 3 aliphatic rings. The van der Waals surface area contributed by atoms with Gasteiger partial charge < -0.3 is 36.1 Å². The minimum atomic E-state index is -0.932. The van der Waals surface area contributed by atoms with Crippen molar-refractivity contribution in [1.82, 2.24) is 20.9 Å². The third kappa shape index (κ3) is 8.28. The standard InChI is InChI=1S/C32H43FN6O3/c1-22-11-29(39(2)8-7-32(20-35,21-40)26-3-4-26)15-30(38-22)31(41)19-36-17-23-12-24(14-27(33)13-23)25(16-34)18-37-28-5-9-42-10-6-28/h11-15,18,21,26,28,30,36-38H,3-10,16-17,19,34H2,1-2H3/b25-18+. The summed E-state index contributed by atoms with van der Waals surface area (Å²) in [5.74, 6) is -0.262. The van der Waals surface area contributed by atoms with E-state index in [1.165, 1.54) is 12.1 Å². The number of benzene rings is 1. The molecule has 2 aliphatic heterocycles. The van der Waals surface area contributed by atoms with Crippen molar-refractivity contribution in [2.75, 3.05) is 39.9 Å². The molecule has 1 aromatic rings. The average molecular weight is 579 g/mol. The first-order valence-electron chi connectivity index (χ1n) is 14.8. The number of hydrogen-bond donors (Lipinski definition) is 4. The molecule has 2 fully saturated rings. The Bertz CT molecular complexity index is 1260. The third-order valence-corrected chi connectivity index (χ3v) is 8.35. The van der Waals surface area contributed by atoms with Crippen molar-refractivity contribution < 1.29 is 18.7 Å². The lowest BCUT2D eigenvalue weighted by atomic mass is 9.82. The van der Waals surface area contributed by atoms with Crippen LogP contribution in [0.25, 0.3) is 5.57 Å². The van der Waals surface area contributed by atoms with Crippen molar-refractivity contribution in [3.05, 3.63) is 64.9 Å². The highest BCUT2D eigenvalue weighted by Crippen LogP contribution is 2.46. The van der Waals surface area contributed by atoms with Crippen molar-refractivity contribution >= 4 is 17.6 Å². The molecule has 2 heterocycles. The molecule has 2 atom stereocenters. The summed E-state index contributed by atoms with van der Waals surface area (Å²) >= 11 is 0. The van der Waals surface area contributed by atoms with Gasteiger partial charge in [-0.15, -0.1) is 0 Å². The van der Waals surface area contributed by atoms with Crippen molar-refractivity contribution in [3.63, 3.8) is 0 Å². The summed E-state index contributed by atoms with van der Waals surface area (Å²) in [4.78, 5) is 26.8. The Morgan fingerprint density at radius 3 is 2.71 bits per heavy atom. The Labute approximate surface area is 248 Å². The van der Waals surface area contributed by atoms with Crippen LogP contribution in [0.4, 0.5) is 4.39 Å². The maximum atomic E-state index is 14.5. The zero-order valence-corrected chi connectivity index (χ0v) is 24.6. The first-order valence-corrected chi connectivity index (χ1v) is 14.8. The Balaban J connectivity index is 1.32. The van der Waals surface area contributed by atoms with Crippen molar-refractivity contribution in [2.45, 2.75) is 57.7 Å². The second kappa shape index (κ2) is 14.6. The van der Waals surface area contributed by atoms with Crippen LogP contribution < -0.4 is 21.7 Å². The molecule has 1 aromatic carbocycles. The lowest BCUT2D eigenvalue weighted by Crippen LogP contribution is -2.42. The maximum absolute atomic E-state index is 14.5. The fourth-order valence-electron chi connectivity index (χ4n) is 5.51. The van der Waals surface area contributed by atoms with E-state index in [2.05, 4.69) is 22.0 Å². The average Bonchev–Trinajstić information content (AvgIpc) is 3.84. The normalized spacial score (nSPS) is 20.8. The summed E-state index contributed by atoms with van der Waals surface area (Å²) in [6.07, 6.45) is 10.6. The number of ketones is 1. The monoisotopic (exact) mass is 578 g/mol. The van der Waals surface area contributed by atoms with Gasteiger partial charge in [0.15, 0.2) is 5.78 Å². The molecule has 5 N–H and O–H groups in total. The van der Waals surface area contributed by atoms with Crippen LogP contribution in [0.5, 0.6) is 0 Å². The Hall–Kier alpha value is -3.52. The summed E-state index contributed by atoms with van der Waals surface area (Å²) in [6.45, 7) is 4.57. The number of nitrogens with zero attached hydrogens (tertiary/aromatic N) is 2. The van der Waals surface area contributed by atoms with E-state index < -0.39 is 11.5 Å². The predicted octanol–water partition coefficient (Wildman–Crippen LogP) is 2.75. The minimum absolute atomic E-state index is 0.0505. The number of ether oxygens (including phenoxy) is 1. The number of carbonyl (C=O) groups is 2. The van der Waals surface area contributed by atoms with Gasteiger partial charge in [0.1, 0.15) is 23.6 Å². The van der Waals surface area contributed by atoms with Gasteiger partial charge in [0, 0.05) is 63.5 Å². The van der Waals surface area contributed by atoms with Crippen LogP contribution >= 0.6 is 0 Å². The fraction of sp³-hybridized carbons (Fsp3) is 0.531. The van der Waals surface area contributed by atoms with E-state index >= 15 is 0 Å². The molecule has 226 valence electrons. The second-order valence-corrected chi connectivity index (χ2v) is 11.6. The zero-order valence-electron chi connectivity index (χ0n) is 24.6. The van der Waals surface area contributed by atoms with Crippen LogP contribution in [0.3, 0.4) is 0 Å².